The lowest BCUT2D eigenvalue weighted by molar-refractivity contribution is -0.155. The Morgan fingerprint density at radius 1 is 1.47 bits per heavy atom. The fraction of sp³-hybridized carbons (Fsp3) is 0.818. The SMILES string of the molecule is CCCC(C)N(C)C(=O)NCC(C)(O)C(=O)O. The van der Waals surface area contributed by atoms with Crippen molar-refractivity contribution in [1.82, 2.24) is 10.2 Å². The minimum atomic E-state index is -1.94. The normalized spacial score (nSPS) is 15.8. The number of carbonyl (C=O) groups excluding carboxylic acids is 1. The van der Waals surface area contributed by atoms with Crippen molar-refractivity contribution in [3.63, 3.8) is 0 Å². The second-order valence-electron chi connectivity index (χ2n) is 4.49. The van der Waals surface area contributed by atoms with Crippen LogP contribution >= 0.6 is 0 Å². The Morgan fingerprint density at radius 2 is 2.00 bits per heavy atom. The summed E-state index contributed by atoms with van der Waals surface area (Å²) in [6.07, 6.45) is 1.84. The third-order valence-electron chi connectivity index (χ3n) is 2.73. The first-order chi connectivity index (χ1) is 7.72. The second-order valence-corrected chi connectivity index (χ2v) is 4.49. The maximum Gasteiger partial charge on any atom is 0.337 e. The Bertz CT molecular complexity index is 279. The van der Waals surface area contributed by atoms with Gasteiger partial charge in [0.1, 0.15) is 0 Å². The number of carbonyl (C=O) groups is 2. The van der Waals surface area contributed by atoms with E-state index in [1.807, 2.05) is 13.8 Å². The molecule has 0 saturated heterocycles. The van der Waals surface area contributed by atoms with Crippen molar-refractivity contribution in [3.05, 3.63) is 0 Å². The summed E-state index contributed by atoms with van der Waals surface area (Å²) in [5.74, 6) is -1.36. The van der Waals surface area contributed by atoms with Gasteiger partial charge in [0.2, 0.25) is 0 Å². The Kier molecular flexibility index (Phi) is 5.95. The molecule has 0 aromatic carbocycles. The van der Waals surface area contributed by atoms with Gasteiger partial charge in [-0.05, 0) is 20.3 Å². The number of aliphatic hydroxyl groups is 1. The molecule has 0 spiro atoms. The molecule has 0 bridgehead atoms. The van der Waals surface area contributed by atoms with Crippen LogP contribution in [-0.4, -0.2) is 52.3 Å². The lowest BCUT2D eigenvalue weighted by Crippen LogP contribution is -2.50. The molecular formula is C11H22N2O4. The molecule has 17 heavy (non-hydrogen) atoms. The summed E-state index contributed by atoms with van der Waals surface area (Å²) in [5.41, 5.74) is -1.94. The van der Waals surface area contributed by atoms with E-state index in [2.05, 4.69) is 5.32 Å². The van der Waals surface area contributed by atoms with E-state index in [0.717, 1.165) is 19.8 Å². The molecule has 100 valence electrons. The molecule has 0 fully saturated rings. The van der Waals surface area contributed by atoms with Crippen molar-refractivity contribution in [1.29, 1.82) is 0 Å². The predicted molar refractivity (Wildman–Crippen MR) is 63.8 cm³/mol. The smallest absolute Gasteiger partial charge is 0.337 e. The Hall–Kier alpha value is -1.30. The van der Waals surface area contributed by atoms with Gasteiger partial charge >= 0.3 is 12.0 Å². The maximum atomic E-state index is 11.6. The monoisotopic (exact) mass is 246 g/mol. The van der Waals surface area contributed by atoms with Crippen molar-refractivity contribution in [2.75, 3.05) is 13.6 Å². The fourth-order valence-corrected chi connectivity index (χ4v) is 1.26. The molecule has 2 atom stereocenters. The summed E-state index contributed by atoms with van der Waals surface area (Å²) in [4.78, 5) is 23.8. The number of urea groups is 1. The van der Waals surface area contributed by atoms with Crippen molar-refractivity contribution in [2.45, 2.75) is 45.3 Å². The summed E-state index contributed by atoms with van der Waals surface area (Å²) < 4.78 is 0. The van der Waals surface area contributed by atoms with Crippen LogP contribution in [-0.2, 0) is 4.79 Å². The molecule has 0 aromatic heterocycles. The van der Waals surface area contributed by atoms with Gasteiger partial charge < -0.3 is 20.4 Å². The van der Waals surface area contributed by atoms with Crippen molar-refractivity contribution >= 4 is 12.0 Å². The number of amides is 2. The summed E-state index contributed by atoms with van der Waals surface area (Å²) in [6, 6.07) is -0.303. The van der Waals surface area contributed by atoms with Crippen molar-refractivity contribution in [3.8, 4) is 0 Å². The van der Waals surface area contributed by atoms with E-state index in [1.54, 1.807) is 7.05 Å². The van der Waals surface area contributed by atoms with Gasteiger partial charge in [0.25, 0.3) is 0 Å². The molecule has 0 aliphatic heterocycles. The highest BCUT2D eigenvalue weighted by molar-refractivity contribution is 5.79. The highest BCUT2D eigenvalue weighted by atomic mass is 16.4. The first kappa shape index (κ1) is 15.7. The van der Waals surface area contributed by atoms with E-state index in [0.29, 0.717) is 0 Å². The Balaban J connectivity index is 4.23. The van der Waals surface area contributed by atoms with Crippen LogP contribution in [0.25, 0.3) is 0 Å². The predicted octanol–water partition coefficient (Wildman–Crippen LogP) is 0.652. The van der Waals surface area contributed by atoms with Crippen LogP contribution in [0.4, 0.5) is 4.79 Å². The molecule has 0 aliphatic carbocycles. The fourth-order valence-electron chi connectivity index (χ4n) is 1.26. The van der Waals surface area contributed by atoms with E-state index in [1.165, 1.54) is 4.90 Å². The number of nitrogens with zero attached hydrogens (tertiary/aromatic N) is 1. The van der Waals surface area contributed by atoms with E-state index in [9.17, 15) is 14.7 Å². The average molecular weight is 246 g/mol. The summed E-state index contributed by atoms with van der Waals surface area (Å²) in [5, 5.41) is 20.5. The van der Waals surface area contributed by atoms with Crippen LogP contribution in [0.15, 0.2) is 0 Å². The van der Waals surface area contributed by atoms with Gasteiger partial charge in [0.05, 0.1) is 6.54 Å². The van der Waals surface area contributed by atoms with E-state index < -0.39 is 11.6 Å². The molecular weight excluding hydrogens is 224 g/mol. The second kappa shape index (κ2) is 6.44. The zero-order valence-electron chi connectivity index (χ0n) is 10.9. The Morgan fingerprint density at radius 3 is 2.41 bits per heavy atom. The standard InChI is InChI=1S/C11H22N2O4/c1-5-6-8(2)13(4)10(16)12-7-11(3,17)9(14)15/h8,17H,5-7H2,1-4H3,(H,12,16)(H,14,15). The van der Waals surface area contributed by atoms with Gasteiger partial charge in [-0.3, -0.25) is 0 Å². The quantitative estimate of drug-likeness (QED) is 0.642. The van der Waals surface area contributed by atoms with Crippen molar-refractivity contribution in [2.24, 2.45) is 0 Å². The van der Waals surface area contributed by atoms with E-state index in [4.69, 9.17) is 5.11 Å². The van der Waals surface area contributed by atoms with Crippen LogP contribution in [0, 0.1) is 0 Å². The summed E-state index contributed by atoms with van der Waals surface area (Å²) >= 11 is 0. The molecule has 2 unspecified atom stereocenters. The molecule has 0 aromatic rings. The average Bonchev–Trinajstić information content (AvgIpc) is 2.25. The van der Waals surface area contributed by atoms with Gasteiger partial charge in [0, 0.05) is 13.1 Å². The highest BCUT2D eigenvalue weighted by Crippen LogP contribution is 2.05. The largest absolute Gasteiger partial charge is 0.479 e. The van der Waals surface area contributed by atoms with Gasteiger partial charge in [-0.25, -0.2) is 9.59 Å². The number of hydrogen-bond donors (Lipinski definition) is 3. The first-order valence-electron chi connectivity index (χ1n) is 5.68. The lowest BCUT2D eigenvalue weighted by atomic mass is 10.1. The first-order valence-corrected chi connectivity index (χ1v) is 5.68. The maximum absolute atomic E-state index is 11.6. The van der Waals surface area contributed by atoms with E-state index >= 15 is 0 Å². The van der Waals surface area contributed by atoms with Gasteiger partial charge in [-0.1, -0.05) is 13.3 Å². The molecule has 2 amide bonds. The van der Waals surface area contributed by atoms with Crippen LogP contribution in [0.5, 0.6) is 0 Å². The third kappa shape index (κ3) is 5.04. The third-order valence-corrected chi connectivity index (χ3v) is 2.73. The number of hydrogen-bond acceptors (Lipinski definition) is 3. The molecule has 0 aliphatic rings. The van der Waals surface area contributed by atoms with Crippen LogP contribution in [0.3, 0.4) is 0 Å². The molecule has 0 radical (unpaired) electrons. The number of rotatable bonds is 6. The highest BCUT2D eigenvalue weighted by Gasteiger charge is 2.30. The van der Waals surface area contributed by atoms with Crippen LogP contribution < -0.4 is 5.32 Å². The van der Waals surface area contributed by atoms with Crippen LogP contribution in [0.2, 0.25) is 0 Å². The molecule has 0 saturated carbocycles. The van der Waals surface area contributed by atoms with Gasteiger partial charge in [-0.2, -0.15) is 0 Å². The molecule has 6 nitrogen and oxygen atoms in total. The van der Waals surface area contributed by atoms with Gasteiger partial charge in [-0.15, -0.1) is 0 Å². The molecule has 0 heterocycles. The number of carboxylic acid groups (broad SMARTS) is 1. The summed E-state index contributed by atoms with van der Waals surface area (Å²) in [6.45, 7) is 4.77. The summed E-state index contributed by atoms with van der Waals surface area (Å²) in [7, 11) is 1.64. The minimum absolute atomic E-state index is 0.0785. The zero-order chi connectivity index (χ0) is 13.6. The van der Waals surface area contributed by atoms with E-state index in [-0.39, 0.29) is 18.6 Å². The lowest BCUT2D eigenvalue weighted by Gasteiger charge is -2.26. The molecule has 6 heteroatoms. The zero-order valence-corrected chi connectivity index (χ0v) is 10.9. The van der Waals surface area contributed by atoms with Gasteiger partial charge in [0.15, 0.2) is 5.60 Å². The number of aliphatic carboxylic acids is 1. The van der Waals surface area contributed by atoms with Crippen LogP contribution in [0.1, 0.15) is 33.6 Å². The minimum Gasteiger partial charge on any atom is -0.479 e. The molecule has 0 rings (SSSR count). The number of carboxylic acids is 1. The molecule has 3 N–H and O–H groups in total. The van der Waals surface area contributed by atoms with Crippen molar-refractivity contribution < 1.29 is 19.8 Å². The Labute approximate surface area is 102 Å². The number of nitrogens with one attached hydrogen (secondary N) is 1. The topological polar surface area (TPSA) is 89.9 Å².